The Balaban J connectivity index is 3.68. The molecule has 1 atom stereocenters. The van der Waals surface area contributed by atoms with E-state index in [9.17, 15) is 9.90 Å². The molecule has 0 heterocycles. The van der Waals surface area contributed by atoms with Crippen LogP contribution in [-0.4, -0.2) is 56.9 Å². The summed E-state index contributed by atoms with van der Waals surface area (Å²) in [7, 11) is 1.63. The Bertz CT molecular complexity index is 252. The molecule has 1 unspecified atom stereocenters. The number of aliphatic hydroxyl groups is 1. The zero-order valence-electron chi connectivity index (χ0n) is 13.1. The van der Waals surface area contributed by atoms with E-state index in [-0.39, 0.29) is 12.5 Å². The molecule has 0 aliphatic heterocycles. The number of carbonyl (C=O) groups is 1. The number of ether oxygens (including phenoxy) is 3. The number of alkyl carbamates (subject to hydrolysis) is 1. The topological polar surface area (TPSA) is 77.0 Å². The Hall–Kier alpha value is -0.850. The molecule has 0 spiro atoms. The van der Waals surface area contributed by atoms with Crippen LogP contribution in [0, 0.1) is 5.92 Å². The lowest BCUT2D eigenvalue weighted by molar-refractivity contribution is 0.0503. The van der Waals surface area contributed by atoms with Crippen LogP contribution in [0.1, 0.15) is 33.6 Å². The molecule has 120 valence electrons. The average Bonchev–Trinajstić information content (AvgIpc) is 2.35. The summed E-state index contributed by atoms with van der Waals surface area (Å²) in [6.07, 6.45) is 1.18. The minimum atomic E-state index is -0.506. The number of methoxy groups -OCH3 is 1. The summed E-state index contributed by atoms with van der Waals surface area (Å²) >= 11 is 0. The summed E-state index contributed by atoms with van der Waals surface area (Å²) in [5.41, 5.74) is -0.506. The maximum Gasteiger partial charge on any atom is 0.407 e. The molecule has 0 rings (SSSR count). The quantitative estimate of drug-likeness (QED) is 0.597. The molecule has 0 aliphatic rings. The predicted molar refractivity (Wildman–Crippen MR) is 76.7 cm³/mol. The number of aliphatic hydroxyl groups excluding tert-OH is 1. The third kappa shape index (κ3) is 12.2. The zero-order chi connectivity index (χ0) is 15.4. The Morgan fingerprint density at radius 1 is 1.25 bits per heavy atom. The van der Waals surface area contributed by atoms with Gasteiger partial charge in [0, 0.05) is 26.9 Å². The van der Waals surface area contributed by atoms with Crippen molar-refractivity contribution in [2.45, 2.75) is 39.2 Å². The first kappa shape index (κ1) is 19.1. The van der Waals surface area contributed by atoms with Gasteiger partial charge in [-0.25, -0.2) is 4.79 Å². The molecule has 2 N–H and O–H groups in total. The summed E-state index contributed by atoms with van der Waals surface area (Å²) in [6, 6.07) is 0. The molecular weight excluding hydrogens is 262 g/mol. The molecule has 0 aromatic rings. The first-order valence-electron chi connectivity index (χ1n) is 7.03. The van der Waals surface area contributed by atoms with Crippen LogP contribution in [0.25, 0.3) is 0 Å². The maximum absolute atomic E-state index is 11.5. The molecule has 1 amide bonds. The first-order chi connectivity index (χ1) is 9.39. The van der Waals surface area contributed by atoms with Crippen molar-refractivity contribution in [2.75, 3.05) is 40.1 Å². The standard InChI is InChI=1S/C14H29NO5/c1-14(2,3)20-13(17)15-10-12(11-16)6-5-7-19-9-8-18-4/h12,16H,5-11H2,1-4H3,(H,15,17). The molecule has 0 aromatic carbocycles. The lowest BCUT2D eigenvalue weighted by Gasteiger charge is -2.21. The van der Waals surface area contributed by atoms with Gasteiger partial charge in [-0.3, -0.25) is 0 Å². The molecule has 6 heteroatoms. The third-order valence-electron chi connectivity index (χ3n) is 2.53. The highest BCUT2D eigenvalue weighted by Gasteiger charge is 2.17. The molecule has 0 aromatic heterocycles. The van der Waals surface area contributed by atoms with Crippen molar-refractivity contribution in [1.82, 2.24) is 5.32 Å². The largest absolute Gasteiger partial charge is 0.444 e. The lowest BCUT2D eigenvalue weighted by atomic mass is 10.1. The summed E-state index contributed by atoms with van der Waals surface area (Å²) in [6.45, 7) is 7.68. The Morgan fingerprint density at radius 3 is 2.50 bits per heavy atom. The molecule has 0 saturated carbocycles. The summed E-state index contributed by atoms with van der Waals surface area (Å²) in [5, 5.41) is 11.9. The fraction of sp³-hybridized carbons (Fsp3) is 0.929. The van der Waals surface area contributed by atoms with Gasteiger partial charge in [0.05, 0.1) is 13.2 Å². The Labute approximate surface area is 121 Å². The van der Waals surface area contributed by atoms with E-state index in [0.29, 0.717) is 26.4 Å². The highest BCUT2D eigenvalue weighted by atomic mass is 16.6. The second-order valence-electron chi connectivity index (χ2n) is 5.68. The molecule has 0 radical (unpaired) electrons. The van der Waals surface area contributed by atoms with Crippen molar-refractivity contribution in [3.05, 3.63) is 0 Å². The summed E-state index contributed by atoms with van der Waals surface area (Å²) in [4.78, 5) is 11.5. The van der Waals surface area contributed by atoms with E-state index in [1.165, 1.54) is 0 Å². The van der Waals surface area contributed by atoms with Gasteiger partial charge in [-0.1, -0.05) is 0 Å². The van der Waals surface area contributed by atoms with Gasteiger partial charge >= 0.3 is 6.09 Å². The van der Waals surface area contributed by atoms with E-state index in [0.717, 1.165) is 12.8 Å². The van der Waals surface area contributed by atoms with E-state index < -0.39 is 11.7 Å². The lowest BCUT2D eigenvalue weighted by Crippen LogP contribution is -2.36. The second kappa shape index (κ2) is 10.9. The zero-order valence-corrected chi connectivity index (χ0v) is 13.1. The van der Waals surface area contributed by atoms with Crippen LogP contribution in [-0.2, 0) is 14.2 Å². The highest BCUT2D eigenvalue weighted by molar-refractivity contribution is 5.67. The molecule has 20 heavy (non-hydrogen) atoms. The predicted octanol–water partition coefficient (Wildman–Crippen LogP) is 1.56. The average molecular weight is 291 g/mol. The number of hydrogen-bond acceptors (Lipinski definition) is 5. The van der Waals surface area contributed by atoms with Crippen molar-refractivity contribution in [3.8, 4) is 0 Å². The fourth-order valence-electron chi connectivity index (χ4n) is 1.52. The molecule has 0 bridgehead atoms. The van der Waals surface area contributed by atoms with E-state index in [2.05, 4.69) is 5.32 Å². The van der Waals surface area contributed by atoms with Crippen molar-refractivity contribution in [2.24, 2.45) is 5.92 Å². The molecule has 0 aliphatic carbocycles. The number of rotatable bonds is 10. The van der Waals surface area contributed by atoms with Gasteiger partial charge in [0.25, 0.3) is 0 Å². The van der Waals surface area contributed by atoms with Gasteiger partial charge in [-0.15, -0.1) is 0 Å². The van der Waals surface area contributed by atoms with Crippen molar-refractivity contribution >= 4 is 6.09 Å². The third-order valence-corrected chi connectivity index (χ3v) is 2.53. The van der Waals surface area contributed by atoms with E-state index >= 15 is 0 Å². The van der Waals surface area contributed by atoms with Crippen molar-refractivity contribution in [3.63, 3.8) is 0 Å². The normalized spacial score (nSPS) is 13.1. The van der Waals surface area contributed by atoms with Crippen LogP contribution < -0.4 is 5.32 Å². The number of amides is 1. The van der Waals surface area contributed by atoms with E-state index in [1.54, 1.807) is 7.11 Å². The Kier molecular flexibility index (Phi) is 10.4. The van der Waals surface area contributed by atoms with Crippen LogP contribution in [0.15, 0.2) is 0 Å². The highest BCUT2D eigenvalue weighted by Crippen LogP contribution is 2.08. The van der Waals surface area contributed by atoms with E-state index in [4.69, 9.17) is 14.2 Å². The van der Waals surface area contributed by atoms with Crippen molar-refractivity contribution in [1.29, 1.82) is 0 Å². The molecule has 6 nitrogen and oxygen atoms in total. The van der Waals surface area contributed by atoms with Gasteiger partial charge < -0.3 is 24.6 Å². The smallest absolute Gasteiger partial charge is 0.407 e. The second-order valence-corrected chi connectivity index (χ2v) is 5.68. The number of carbonyl (C=O) groups excluding carboxylic acids is 1. The first-order valence-corrected chi connectivity index (χ1v) is 7.03. The fourth-order valence-corrected chi connectivity index (χ4v) is 1.52. The molecule has 0 saturated heterocycles. The monoisotopic (exact) mass is 291 g/mol. The number of hydrogen-bond donors (Lipinski definition) is 2. The summed E-state index contributed by atoms with van der Waals surface area (Å²) < 4.78 is 15.3. The minimum Gasteiger partial charge on any atom is -0.444 e. The van der Waals surface area contributed by atoms with Crippen LogP contribution >= 0.6 is 0 Å². The van der Waals surface area contributed by atoms with Crippen molar-refractivity contribution < 1.29 is 24.1 Å². The minimum absolute atomic E-state index is 0.0218. The SMILES string of the molecule is COCCOCCCC(CO)CNC(=O)OC(C)(C)C. The maximum atomic E-state index is 11.5. The summed E-state index contributed by atoms with van der Waals surface area (Å²) in [5.74, 6) is 0.0218. The van der Waals surface area contributed by atoms with E-state index in [1.807, 2.05) is 20.8 Å². The van der Waals surface area contributed by atoms with Crippen LogP contribution in [0.2, 0.25) is 0 Å². The number of nitrogens with one attached hydrogen (secondary N) is 1. The van der Waals surface area contributed by atoms with Gasteiger partial charge in [0.2, 0.25) is 0 Å². The molecular formula is C14H29NO5. The van der Waals surface area contributed by atoms with Gasteiger partial charge in [0.1, 0.15) is 5.60 Å². The van der Waals surface area contributed by atoms with Gasteiger partial charge in [0.15, 0.2) is 0 Å². The molecule has 0 fully saturated rings. The van der Waals surface area contributed by atoms with Crippen LogP contribution in [0.3, 0.4) is 0 Å². The van der Waals surface area contributed by atoms with Crippen LogP contribution in [0.4, 0.5) is 4.79 Å². The van der Waals surface area contributed by atoms with Gasteiger partial charge in [-0.05, 0) is 39.5 Å². The Morgan fingerprint density at radius 2 is 1.95 bits per heavy atom. The van der Waals surface area contributed by atoms with Crippen LogP contribution in [0.5, 0.6) is 0 Å². The van der Waals surface area contributed by atoms with Gasteiger partial charge in [-0.2, -0.15) is 0 Å².